The zero-order valence-corrected chi connectivity index (χ0v) is 10.9. The maximum absolute atomic E-state index is 7.13. The highest BCUT2D eigenvalue weighted by Crippen LogP contribution is 2.32. The van der Waals surface area contributed by atoms with Gasteiger partial charge >= 0.3 is 0 Å². The van der Waals surface area contributed by atoms with Crippen LogP contribution in [0.3, 0.4) is 0 Å². The van der Waals surface area contributed by atoms with Crippen molar-refractivity contribution in [2.75, 3.05) is 6.61 Å². The van der Waals surface area contributed by atoms with Crippen molar-refractivity contribution in [2.45, 2.75) is 6.92 Å². The van der Waals surface area contributed by atoms with Crippen molar-refractivity contribution >= 4 is 32.7 Å². The third-order valence-electron chi connectivity index (χ3n) is 2.29. The molecule has 1 aromatic heterocycles. The second-order valence-corrected chi connectivity index (χ2v) is 4.50. The molecule has 2 aromatic rings. The summed E-state index contributed by atoms with van der Waals surface area (Å²) in [5, 5.41) is 8.11. The summed E-state index contributed by atoms with van der Waals surface area (Å²) in [5.74, 6) is 0.664. The van der Waals surface area contributed by atoms with Crippen LogP contribution in [0.25, 0.3) is 10.9 Å². The summed E-state index contributed by atoms with van der Waals surface area (Å²) in [6.45, 7) is 2.04. The quantitative estimate of drug-likeness (QED) is 0.675. The molecule has 1 aromatic carbocycles. The third-order valence-corrected chi connectivity index (χ3v) is 3.11. The summed E-state index contributed by atoms with van der Waals surface area (Å²) in [7, 11) is 0. The van der Waals surface area contributed by atoms with Crippen LogP contribution in [0.1, 0.15) is 5.69 Å². The molecule has 0 saturated carbocycles. The molecule has 0 unspecified atom stereocenters. The number of aromatic nitrogens is 1. The highest BCUT2D eigenvalue weighted by atomic mass is 79.9. The Kier molecular flexibility index (Phi) is 3.28. The van der Waals surface area contributed by atoms with Crippen LogP contribution in [0.4, 0.5) is 0 Å². The Morgan fingerprint density at radius 2 is 2.18 bits per heavy atom. The van der Waals surface area contributed by atoms with E-state index in [0.29, 0.717) is 5.75 Å². The van der Waals surface area contributed by atoms with E-state index < -0.39 is 0 Å². The first-order valence-electron chi connectivity index (χ1n) is 5.09. The molecule has 0 fully saturated rings. The number of fused-ring (bicyclic) bond motifs is 1. The first-order valence-corrected chi connectivity index (χ1v) is 5.89. The summed E-state index contributed by atoms with van der Waals surface area (Å²) < 4.78 is 6.25. The average molecular weight is 294 g/mol. The fourth-order valence-corrected chi connectivity index (χ4v) is 2.10. The van der Waals surface area contributed by atoms with E-state index in [2.05, 4.69) is 20.9 Å². The number of rotatable bonds is 3. The van der Waals surface area contributed by atoms with Crippen LogP contribution in [0, 0.1) is 12.3 Å². The fraction of sp³-hybridized carbons (Fsp3) is 0.167. The highest BCUT2D eigenvalue weighted by Gasteiger charge is 2.07. The van der Waals surface area contributed by atoms with E-state index in [4.69, 9.17) is 15.9 Å². The number of nitrogens with one attached hydrogen (secondary N) is 1. The van der Waals surface area contributed by atoms with Gasteiger partial charge < -0.3 is 10.5 Å². The summed E-state index contributed by atoms with van der Waals surface area (Å²) in [5.41, 5.74) is 7.14. The van der Waals surface area contributed by atoms with Crippen LogP contribution in [-0.4, -0.2) is 17.4 Å². The first kappa shape index (κ1) is 11.9. The minimum absolute atomic E-state index is 0.000900. The zero-order valence-electron chi connectivity index (χ0n) is 9.33. The molecular formula is C12H12BrN3O. The second kappa shape index (κ2) is 4.71. The summed E-state index contributed by atoms with van der Waals surface area (Å²) in [6.07, 6.45) is 0. The van der Waals surface area contributed by atoms with Crippen LogP contribution in [0.5, 0.6) is 5.75 Å². The SMILES string of the molecule is Cc1ccc2c(Br)c(OCC(=N)N)ccc2n1. The molecule has 5 heteroatoms. The molecule has 88 valence electrons. The standard InChI is InChI=1S/C12H12BrN3O/c1-7-2-3-8-9(16-7)4-5-10(12(8)13)17-6-11(14)15/h2-5H,6H2,1H3,(H3,14,15). The number of pyridine rings is 1. The van der Waals surface area contributed by atoms with Crippen LogP contribution < -0.4 is 10.5 Å². The number of nitrogens with zero attached hydrogens (tertiary/aromatic N) is 1. The normalized spacial score (nSPS) is 10.5. The molecule has 1 heterocycles. The van der Waals surface area contributed by atoms with Crippen molar-refractivity contribution in [2.24, 2.45) is 5.73 Å². The lowest BCUT2D eigenvalue weighted by atomic mass is 10.2. The molecule has 0 aliphatic carbocycles. The predicted octanol–water partition coefficient (Wildman–Crippen LogP) is 2.62. The van der Waals surface area contributed by atoms with Crippen molar-refractivity contribution in [1.82, 2.24) is 4.98 Å². The smallest absolute Gasteiger partial charge is 0.145 e. The average Bonchev–Trinajstić information content (AvgIpc) is 2.27. The van der Waals surface area contributed by atoms with Crippen molar-refractivity contribution in [3.05, 3.63) is 34.4 Å². The molecule has 0 aliphatic rings. The number of amidine groups is 1. The summed E-state index contributed by atoms with van der Waals surface area (Å²) in [4.78, 5) is 4.42. The van der Waals surface area contributed by atoms with E-state index >= 15 is 0 Å². The Morgan fingerprint density at radius 1 is 1.41 bits per heavy atom. The first-order chi connectivity index (χ1) is 8.08. The lowest BCUT2D eigenvalue weighted by Crippen LogP contribution is -2.19. The van der Waals surface area contributed by atoms with Gasteiger partial charge in [0.2, 0.25) is 0 Å². The van der Waals surface area contributed by atoms with Crippen LogP contribution in [0.15, 0.2) is 28.7 Å². The number of nitrogens with two attached hydrogens (primary N) is 1. The van der Waals surface area contributed by atoms with Gasteiger partial charge in [-0.2, -0.15) is 0 Å². The minimum atomic E-state index is -0.000900. The van der Waals surface area contributed by atoms with E-state index in [1.54, 1.807) is 0 Å². The van der Waals surface area contributed by atoms with Gasteiger partial charge in [0.15, 0.2) is 0 Å². The largest absolute Gasteiger partial charge is 0.485 e. The maximum atomic E-state index is 7.13. The third kappa shape index (κ3) is 2.55. The molecule has 2 rings (SSSR count). The Balaban J connectivity index is 2.43. The number of aryl methyl sites for hydroxylation is 1. The van der Waals surface area contributed by atoms with Gasteiger partial charge in [0.1, 0.15) is 18.2 Å². The van der Waals surface area contributed by atoms with Gasteiger partial charge in [-0.1, -0.05) is 0 Å². The molecule has 0 bridgehead atoms. The van der Waals surface area contributed by atoms with E-state index in [9.17, 15) is 0 Å². The number of halogens is 1. The zero-order chi connectivity index (χ0) is 12.4. The molecule has 0 radical (unpaired) electrons. The van der Waals surface area contributed by atoms with E-state index in [0.717, 1.165) is 21.1 Å². The van der Waals surface area contributed by atoms with E-state index in [-0.39, 0.29) is 12.4 Å². The van der Waals surface area contributed by atoms with Crippen LogP contribution in [-0.2, 0) is 0 Å². The number of hydrogen-bond donors (Lipinski definition) is 2. The second-order valence-electron chi connectivity index (χ2n) is 3.71. The number of hydrogen-bond acceptors (Lipinski definition) is 3. The lowest BCUT2D eigenvalue weighted by molar-refractivity contribution is 0.373. The Labute approximate surface area is 107 Å². The van der Waals surface area contributed by atoms with Crippen LogP contribution >= 0.6 is 15.9 Å². The number of ether oxygens (including phenoxy) is 1. The molecule has 0 atom stereocenters. The molecule has 0 aliphatic heterocycles. The van der Waals surface area contributed by atoms with Crippen molar-refractivity contribution in [3.63, 3.8) is 0 Å². The van der Waals surface area contributed by atoms with Crippen molar-refractivity contribution in [3.8, 4) is 5.75 Å². The minimum Gasteiger partial charge on any atom is -0.485 e. The number of benzene rings is 1. The maximum Gasteiger partial charge on any atom is 0.145 e. The highest BCUT2D eigenvalue weighted by molar-refractivity contribution is 9.10. The topological polar surface area (TPSA) is 72.0 Å². The Bertz CT molecular complexity index is 583. The molecule has 17 heavy (non-hydrogen) atoms. The van der Waals surface area contributed by atoms with Crippen molar-refractivity contribution < 1.29 is 4.74 Å². The molecule has 0 amide bonds. The Hall–Kier alpha value is -1.62. The molecular weight excluding hydrogens is 282 g/mol. The van der Waals surface area contributed by atoms with Gasteiger partial charge in [-0.15, -0.1) is 0 Å². The van der Waals surface area contributed by atoms with Gasteiger partial charge in [0, 0.05) is 11.1 Å². The Morgan fingerprint density at radius 3 is 2.88 bits per heavy atom. The van der Waals surface area contributed by atoms with Crippen LogP contribution in [0.2, 0.25) is 0 Å². The lowest BCUT2D eigenvalue weighted by Gasteiger charge is -2.09. The van der Waals surface area contributed by atoms with E-state index in [1.165, 1.54) is 0 Å². The van der Waals surface area contributed by atoms with Gasteiger partial charge in [-0.3, -0.25) is 10.4 Å². The van der Waals surface area contributed by atoms with Gasteiger partial charge in [-0.25, -0.2) is 0 Å². The summed E-state index contributed by atoms with van der Waals surface area (Å²) in [6, 6.07) is 7.65. The molecule has 0 saturated heterocycles. The molecule has 4 nitrogen and oxygen atoms in total. The summed E-state index contributed by atoms with van der Waals surface area (Å²) >= 11 is 3.48. The van der Waals surface area contributed by atoms with Crippen molar-refractivity contribution in [1.29, 1.82) is 5.41 Å². The van der Waals surface area contributed by atoms with Gasteiger partial charge in [-0.05, 0) is 47.1 Å². The van der Waals surface area contributed by atoms with Gasteiger partial charge in [0.25, 0.3) is 0 Å². The van der Waals surface area contributed by atoms with Gasteiger partial charge in [0.05, 0.1) is 9.99 Å². The van der Waals surface area contributed by atoms with E-state index in [1.807, 2.05) is 31.2 Å². The predicted molar refractivity (Wildman–Crippen MR) is 71.6 cm³/mol. The molecule has 3 N–H and O–H groups in total. The fourth-order valence-electron chi connectivity index (χ4n) is 1.52. The monoisotopic (exact) mass is 293 g/mol. The molecule has 0 spiro atoms.